The Bertz CT molecular complexity index is 819. The van der Waals surface area contributed by atoms with Gasteiger partial charge in [0.05, 0.1) is 5.56 Å². The van der Waals surface area contributed by atoms with Gasteiger partial charge in [0.15, 0.2) is 5.72 Å². The summed E-state index contributed by atoms with van der Waals surface area (Å²) in [6.07, 6.45) is 4.38. The molecule has 2 aliphatic rings. The lowest BCUT2D eigenvalue weighted by molar-refractivity contribution is -0.0818. The second-order valence-electron chi connectivity index (χ2n) is 6.92. The maximum Gasteiger partial charge on any atom is 0.267 e. The van der Waals surface area contributed by atoms with Crippen molar-refractivity contribution >= 4 is 11.8 Å². The summed E-state index contributed by atoms with van der Waals surface area (Å²) in [5.74, 6) is 0.0538. The zero-order chi connectivity index (χ0) is 17.4. The van der Waals surface area contributed by atoms with E-state index in [1.165, 1.54) is 4.90 Å². The summed E-state index contributed by atoms with van der Waals surface area (Å²) in [7, 11) is 0. The number of amides is 2. The third kappa shape index (κ3) is 2.62. The van der Waals surface area contributed by atoms with Gasteiger partial charge in [-0.05, 0) is 44.0 Å². The molecule has 4 rings (SSSR count). The standard InChI is InChI=1S/C21H21NO3/c1-15-9-11-16(12-10-15)19(23)22-20(24)17-7-3-4-8-18(17)25-21(22)13-5-2-6-14-21/h3-4,7-12H,2,5-6,13-14H2,1H3. The zero-order valence-electron chi connectivity index (χ0n) is 14.3. The quantitative estimate of drug-likeness (QED) is 0.729. The van der Waals surface area contributed by atoms with E-state index in [9.17, 15) is 9.59 Å². The lowest BCUT2D eigenvalue weighted by Crippen LogP contribution is -2.61. The fourth-order valence-corrected chi connectivity index (χ4v) is 3.82. The predicted molar refractivity (Wildman–Crippen MR) is 94.6 cm³/mol. The summed E-state index contributed by atoms with van der Waals surface area (Å²) in [5, 5.41) is 0. The molecule has 1 heterocycles. The number of carbonyl (C=O) groups excluding carboxylic acids is 2. The third-order valence-electron chi connectivity index (χ3n) is 5.16. The maximum absolute atomic E-state index is 13.2. The van der Waals surface area contributed by atoms with Gasteiger partial charge >= 0.3 is 0 Å². The number of hydrogen-bond acceptors (Lipinski definition) is 3. The molecule has 2 amide bonds. The number of rotatable bonds is 1. The molecule has 0 bridgehead atoms. The van der Waals surface area contributed by atoms with Crippen molar-refractivity contribution in [2.75, 3.05) is 0 Å². The minimum atomic E-state index is -0.855. The molecule has 0 radical (unpaired) electrons. The Balaban J connectivity index is 1.80. The second-order valence-corrected chi connectivity index (χ2v) is 6.92. The van der Waals surface area contributed by atoms with Crippen LogP contribution in [-0.2, 0) is 0 Å². The molecule has 4 nitrogen and oxygen atoms in total. The van der Waals surface area contributed by atoms with Crippen molar-refractivity contribution in [3.8, 4) is 5.75 Å². The second kappa shape index (κ2) is 6.03. The van der Waals surface area contributed by atoms with Crippen LogP contribution in [0, 0.1) is 6.92 Å². The molecule has 0 saturated heterocycles. The molecule has 0 N–H and O–H groups in total. The molecule has 0 unspecified atom stereocenters. The van der Waals surface area contributed by atoms with Crippen LogP contribution in [0.3, 0.4) is 0 Å². The van der Waals surface area contributed by atoms with Gasteiger partial charge in [-0.15, -0.1) is 0 Å². The molecule has 1 fully saturated rings. The van der Waals surface area contributed by atoms with Crippen molar-refractivity contribution in [2.24, 2.45) is 0 Å². The van der Waals surface area contributed by atoms with E-state index in [-0.39, 0.29) is 11.8 Å². The fourth-order valence-electron chi connectivity index (χ4n) is 3.82. The van der Waals surface area contributed by atoms with E-state index in [0.29, 0.717) is 29.7 Å². The monoisotopic (exact) mass is 335 g/mol. The van der Waals surface area contributed by atoms with Crippen LogP contribution < -0.4 is 4.74 Å². The molecule has 4 heteroatoms. The van der Waals surface area contributed by atoms with Crippen LogP contribution in [0.1, 0.15) is 58.4 Å². The van der Waals surface area contributed by atoms with E-state index in [1.807, 2.05) is 31.2 Å². The van der Waals surface area contributed by atoms with Crippen LogP contribution in [0.4, 0.5) is 0 Å². The molecule has 1 aliphatic heterocycles. The number of carbonyl (C=O) groups is 2. The highest BCUT2D eigenvalue weighted by atomic mass is 16.5. The highest BCUT2D eigenvalue weighted by Gasteiger charge is 2.50. The molecule has 2 aromatic carbocycles. The van der Waals surface area contributed by atoms with Gasteiger partial charge in [-0.3, -0.25) is 9.59 Å². The summed E-state index contributed by atoms with van der Waals surface area (Å²) in [6.45, 7) is 1.97. The van der Waals surface area contributed by atoms with Crippen LogP contribution in [-0.4, -0.2) is 22.4 Å². The largest absolute Gasteiger partial charge is 0.467 e. The van der Waals surface area contributed by atoms with E-state index in [2.05, 4.69) is 0 Å². The number of fused-ring (bicyclic) bond motifs is 1. The molecule has 0 aromatic heterocycles. The van der Waals surface area contributed by atoms with Crippen LogP contribution in [0.2, 0.25) is 0 Å². The number of para-hydroxylation sites is 1. The van der Waals surface area contributed by atoms with E-state index in [4.69, 9.17) is 4.74 Å². The lowest BCUT2D eigenvalue weighted by Gasteiger charge is -2.47. The van der Waals surface area contributed by atoms with Crippen LogP contribution in [0.5, 0.6) is 5.75 Å². The van der Waals surface area contributed by atoms with Crippen LogP contribution >= 0.6 is 0 Å². The smallest absolute Gasteiger partial charge is 0.267 e. The average molecular weight is 335 g/mol. The van der Waals surface area contributed by atoms with E-state index < -0.39 is 5.72 Å². The first kappa shape index (κ1) is 15.9. The fraction of sp³-hybridized carbons (Fsp3) is 0.333. The maximum atomic E-state index is 13.2. The van der Waals surface area contributed by atoms with Crippen molar-refractivity contribution < 1.29 is 14.3 Å². The van der Waals surface area contributed by atoms with Crippen LogP contribution in [0.15, 0.2) is 48.5 Å². The molecule has 128 valence electrons. The van der Waals surface area contributed by atoms with Crippen molar-refractivity contribution in [2.45, 2.75) is 44.8 Å². The van der Waals surface area contributed by atoms with Gasteiger partial charge in [0.2, 0.25) is 0 Å². The van der Waals surface area contributed by atoms with Crippen LogP contribution in [0.25, 0.3) is 0 Å². The Morgan fingerprint density at radius 2 is 1.68 bits per heavy atom. The summed E-state index contributed by atoms with van der Waals surface area (Å²) in [4.78, 5) is 27.8. The molecule has 25 heavy (non-hydrogen) atoms. The molecular weight excluding hydrogens is 314 g/mol. The molecule has 1 saturated carbocycles. The number of hydrogen-bond donors (Lipinski definition) is 0. The summed E-state index contributed by atoms with van der Waals surface area (Å²) in [6, 6.07) is 14.5. The van der Waals surface area contributed by atoms with Crippen molar-refractivity contribution in [1.82, 2.24) is 4.90 Å². The van der Waals surface area contributed by atoms with E-state index in [0.717, 1.165) is 24.8 Å². The summed E-state index contributed by atoms with van der Waals surface area (Å²) >= 11 is 0. The Morgan fingerprint density at radius 3 is 2.40 bits per heavy atom. The number of imide groups is 1. The Morgan fingerprint density at radius 1 is 1.00 bits per heavy atom. The average Bonchev–Trinajstić information content (AvgIpc) is 2.63. The Kier molecular flexibility index (Phi) is 3.83. The van der Waals surface area contributed by atoms with Gasteiger partial charge in [0, 0.05) is 18.4 Å². The number of benzene rings is 2. The molecule has 0 atom stereocenters. The molecule has 1 aliphatic carbocycles. The molecule has 2 aromatic rings. The molecule has 1 spiro atoms. The zero-order valence-corrected chi connectivity index (χ0v) is 14.3. The van der Waals surface area contributed by atoms with Crippen molar-refractivity contribution in [1.29, 1.82) is 0 Å². The first-order valence-corrected chi connectivity index (χ1v) is 8.84. The van der Waals surface area contributed by atoms with Gasteiger partial charge in [0.25, 0.3) is 11.8 Å². The first-order valence-electron chi connectivity index (χ1n) is 8.84. The lowest BCUT2D eigenvalue weighted by atomic mass is 9.87. The Hall–Kier alpha value is -2.62. The number of aryl methyl sites for hydroxylation is 1. The Labute approximate surface area is 147 Å². The van der Waals surface area contributed by atoms with Gasteiger partial charge in [-0.2, -0.15) is 0 Å². The van der Waals surface area contributed by atoms with Gasteiger partial charge in [0.1, 0.15) is 5.75 Å². The SMILES string of the molecule is Cc1ccc(C(=O)N2C(=O)c3ccccc3OC23CCCCC3)cc1. The molecular formula is C21H21NO3. The highest BCUT2D eigenvalue weighted by molar-refractivity contribution is 6.12. The van der Waals surface area contributed by atoms with Crippen molar-refractivity contribution in [3.63, 3.8) is 0 Å². The van der Waals surface area contributed by atoms with E-state index in [1.54, 1.807) is 24.3 Å². The van der Waals surface area contributed by atoms with Crippen molar-refractivity contribution in [3.05, 3.63) is 65.2 Å². The summed E-state index contributed by atoms with van der Waals surface area (Å²) in [5.41, 5.74) is 1.20. The van der Waals surface area contributed by atoms with Gasteiger partial charge in [-0.25, -0.2) is 4.90 Å². The van der Waals surface area contributed by atoms with Gasteiger partial charge < -0.3 is 4.74 Å². The highest BCUT2D eigenvalue weighted by Crippen LogP contribution is 2.42. The summed E-state index contributed by atoms with van der Waals surface area (Å²) < 4.78 is 6.29. The number of ether oxygens (including phenoxy) is 1. The minimum absolute atomic E-state index is 0.255. The topological polar surface area (TPSA) is 46.6 Å². The van der Waals surface area contributed by atoms with Gasteiger partial charge in [-0.1, -0.05) is 36.2 Å². The normalized spacial score (nSPS) is 18.6. The first-order chi connectivity index (χ1) is 12.1. The predicted octanol–water partition coefficient (Wildman–Crippen LogP) is 4.33. The third-order valence-corrected chi connectivity index (χ3v) is 5.16. The number of nitrogens with zero attached hydrogens (tertiary/aromatic N) is 1. The van der Waals surface area contributed by atoms with E-state index >= 15 is 0 Å². The minimum Gasteiger partial charge on any atom is -0.467 e.